The van der Waals surface area contributed by atoms with Gasteiger partial charge < -0.3 is 9.52 Å². The molecule has 1 heterocycles. The zero-order chi connectivity index (χ0) is 14.2. The second-order valence-corrected chi connectivity index (χ2v) is 5.64. The second-order valence-electron chi connectivity index (χ2n) is 4.32. The van der Waals surface area contributed by atoms with E-state index < -0.39 is 5.97 Å². The standard InChI is InChI=1S/C13H11BrClNO3/c1-6(2)10-11(13(17)18)19-12(16-10)8-4-3-7(14)5-9(8)15/h3-6H,1-2H3,(H,17,18). The van der Waals surface area contributed by atoms with Gasteiger partial charge in [-0.25, -0.2) is 9.78 Å². The largest absolute Gasteiger partial charge is 0.475 e. The van der Waals surface area contributed by atoms with Gasteiger partial charge in [0, 0.05) is 4.47 Å². The summed E-state index contributed by atoms with van der Waals surface area (Å²) in [6.07, 6.45) is 0. The molecule has 0 fully saturated rings. The number of rotatable bonds is 3. The summed E-state index contributed by atoms with van der Waals surface area (Å²) in [6.45, 7) is 3.72. The summed E-state index contributed by atoms with van der Waals surface area (Å²) in [5.74, 6) is -1.09. The number of carboxylic acids is 1. The minimum atomic E-state index is -1.13. The Morgan fingerprint density at radius 2 is 2.16 bits per heavy atom. The fraction of sp³-hybridized carbons (Fsp3) is 0.231. The molecule has 19 heavy (non-hydrogen) atoms. The van der Waals surface area contributed by atoms with E-state index in [1.54, 1.807) is 18.2 Å². The van der Waals surface area contributed by atoms with Gasteiger partial charge in [0.25, 0.3) is 0 Å². The second kappa shape index (κ2) is 5.35. The lowest BCUT2D eigenvalue weighted by Crippen LogP contribution is -2.01. The van der Waals surface area contributed by atoms with E-state index in [0.29, 0.717) is 16.3 Å². The van der Waals surface area contributed by atoms with Crippen molar-refractivity contribution in [1.29, 1.82) is 0 Å². The van der Waals surface area contributed by atoms with Crippen LogP contribution in [0.15, 0.2) is 27.1 Å². The van der Waals surface area contributed by atoms with Crippen LogP contribution >= 0.6 is 27.5 Å². The molecule has 0 saturated heterocycles. The highest BCUT2D eigenvalue weighted by molar-refractivity contribution is 9.10. The number of aromatic carboxylic acids is 1. The Kier molecular flexibility index (Phi) is 3.96. The number of nitrogens with zero attached hydrogens (tertiary/aromatic N) is 1. The number of benzene rings is 1. The number of aromatic nitrogens is 1. The molecule has 0 aliphatic carbocycles. The minimum Gasteiger partial charge on any atom is -0.475 e. The summed E-state index contributed by atoms with van der Waals surface area (Å²) in [4.78, 5) is 15.4. The van der Waals surface area contributed by atoms with Crippen LogP contribution in [0.2, 0.25) is 5.02 Å². The van der Waals surface area contributed by atoms with Crippen LogP contribution in [-0.2, 0) is 0 Å². The summed E-state index contributed by atoms with van der Waals surface area (Å²) in [6, 6.07) is 5.23. The first-order valence-corrected chi connectivity index (χ1v) is 6.76. The molecule has 0 atom stereocenters. The van der Waals surface area contributed by atoms with Gasteiger partial charge in [-0.3, -0.25) is 0 Å². The predicted octanol–water partition coefficient (Wildman–Crippen LogP) is 4.58. The minimum absolute atomic E-state index is 0.0437. The van der Waals surface area contributed by atoms with E-state index in [-0.39, 0.29) is 17.6 Å². The molecule has 6 heteroatoms. The smallest absolute Gasteiger partial charge is 0.373 e. The lowest BCUT2D eigenvalue weighted by molar-refractivity contribution is 0.0661. The van der Waals surface area contributed by atoms with Crippen LogP contribution in [0.3, 0.4) is 0 Å². The fourth-order valence-electron chi connectivity index (χ4n) is 1.65. The molecule has 0 bridgehead atoms. The average molecular weight is 345 g/mol. The van der Waals surface area contributed by atoms with Crippen LogP contribution in [0, 0.1) is 0 Å². The molecule has 0 spiro atoms. The van der Waals surface area contributed by atoms with Gasteiger partial charge in [0.2, 0.25) is 11.7 Å². The molecule has 0 aliphatic heterocycles. The van der Waals surface area contributed by atoms with Crippen LogP contribution < -0.4 is 0 Å². The third-order valence-corrected chi connectivity index (χ3v) is 3.36. The number of carbonyl (C=O) groups is 1. The van der Waals surface area contributed by atoms with E-state index in [1.807, 2.05) is 13.8 Å². The van der Waals surface area contributed by atoms with Gasteiger partial charge in [0.05, 0.1) is 16.3 Å². The predicted molar refractivity (Wildman–Crippen MR) is 75.7 cm³/mol. The topological polar surface area (TPSA) is 63.3 Å². The van der Waals surface area contributed by atoms with E-state index in [9.17, 15) is 4.79 Å². The summed E-state index contributed by atoms with van der Waals surface area (Å²) >= 11 is 9.41. The Bertz CT molecular complexity index is 637. The third kappa shape index (κ3) is 2.82. The van der Waals surface area contributed by atoms with Crippen molar-refractivity contribution < 1.29 is 14.3 Å². The quantitative estimate of drug-likeness (QED) is 0.885. The molecule has 0 radical (unpaired) electrons. The highest BCUT2D eigenvalue weighted by atomic mass is 79.9. The summed E-state index contributed by atoms with van der Waals surface area (Å²) in [5, 5.41) is 9.56. The number of oxazole rings is 1. The van der Waals surface area contributed by atoms with Crippen molar-refractivity contribution in [2.75, 3.05) is 0 Å². The van der Waals surface area contributed by atoms with Gasteiger partial charge in [0.1, 0.15) is 0 Å². The molecule has 1 aromatic heterocycles. The van der Waals surface area contributed by atoms with Crippen molar-refractivity contribution in [2.24, 2.45) is 0 Å². The van der Waals surface area contributed by atoms with E-state index in [2.05, 4.69) is 20.9 Å². The SMILES string of the molecule is CC(C)c1nc(-c2ccc(Br)cc2Cl)oc1C(=O)O. The monoisotopic (exact) mass is 343 g/mol. The first-order chi connectivity index (χ1) is 8.90. The zero-order valence-corrected chi connectivity index (χ0v) is 12.6. The van der Waals surface area contributed by atoms with Crippen molar-refractivity contribution in [3.63, 3.8) is 0 Å². The number of hydrogen-bond acceptors (Lipinski definition) is 3. The molecule has 1 N–H and O–H groups in total. The molecule has 2 rings (SSSR count). The molecule has 1 aromatic carbocycles. The Morgan fingerprint density at radius 3 is 2.63 bits per heavy atom. The lowest BCUT2D eigenvalue weighted by atomic mass is 10.1. The number of halogens is 2. The molecule has 0 aliphatic rings. The van der Waals surface area contributed by atoms with Crippen molar-refractivity contribution in [3.05, 3.63) is 39.1 Å². The number of carboxylic acid groups (broad SMARTS) is 1. The van der Waals surface area contributed by atoms with Crippen molar-refractivity contribution in [1.82, 2.24) is 4.98 Å². The lowest BCUT2D eigenvalue weighted by Gasteiger charge is -1.99. The van der Waals surface area contributed by atoms with Crippen LogP contribution in [0.5, 0.6) is 0 Å². The molecule has 100 valence electrons. The highest BCUT2D eigenvalue weighted by Crippen LogP contribution is 2.32. The van der Waals surface area contributed by atoms with Crippen LogP contribution in [-0.4, -0.2) is 16.1 Å². The van der Waals surface area contributed by atoms with Crippen LogP contribution in [0.25, 0.3) is 11.5 Å². The normalized spacial score (nSPS) is 11.0. The van der Waals surface area contributed by atoms with Gasteiger partial charge >= 0.3 is 5.97 Å². The Hall–Kier alpha value is -1.33. The summed E-state index contributed by atoms with van der Waals surface area (Å²) < 4.78 is 6.16. The highest BCUT2D eigenvalue weighted by Gasteiger charge is 2.23. The van der Waals surface area contributed by atoms with E-state index in [0.717, 1.165) is 4.47 Å². The maximum atomic E-state index is 11.1. The molecule has 0 unspecified atom stereocenters. The molecular weight excluding hydrogens is 334 g/mol. The molecule has 4 nitrogen and oxygen atoms in total. The molecule has 2 aromatic rings. The Balaban J connectivity index is 2.57. The van der Waals surface area contributed by atoms with Crippen molar-refractivity contribution in [2.45, 2.75) is 19.8 Å². The maximum absolute atomic E-state index is 11.1. The van der Waals surface area contributed by atoms with Gasteiger partial charge in [-0.1, -0.05) is 41.4 Å². The van der Waals surface area contributed by atoms with E-state index >= 15 is 0 Å². The third-order valence-electron chi connectivity index (χ3n) is 2.56. The maximum Gasteiger partial charge on any atom is 0.373 e. The molecule has 0 amide bonds. The van der Waals surface area contributed by atoms with Crippen molar-refractivity contribution in [3.8, 4) is 11.5 Å². The van der Waals surface area contributed by atoms with Crippen LogP contribution in [0.4, 0.5) is 0 Å². The zero-order valence-electron chi connectivity index (χ0n) is 10.3. The summed E-state index contributed by atoms with van der Waals surface area (Å²) in [7, 11) is 0. The first kappa shape index (κ1) is 14.1. The van der Waals surface area contributed by atoms with Gasteiger partial charge in [-0.2, -0.15) is 0 Å². The Morgan fingerprint density at radius 1 is 1.47 bits per heavy atom. The Labute approximate surface area is 123 Å². The molecular formula is C13H11BrClNO3. The number of hydrogen-bond donors (Lipinski definition) is 1. The summed E-state index contributed by atoms with van der Waals surface area (Å²) in [5.41, 5.74) is 0.987. The first-order valence-electron chi connectivity index (χ1n) is 5.59. The van der Waals surface area contributed by atoms with Crippen molar-refractivity contribution >= 4 is 33.5 Å². The molecule has 0 saturated carbocycles. The van der Waals surface area contributed by atoms with Gasteiger partial charge in [0.15, 0.2) is 0 Å². The fourth-order valence-corrected chi connectivity index (χ4v) is 2.41. The van der Waals surface area contributed by atoms with E-state index in [1.165, 1.54) is 0 Å². The van der Waals surface area contributed by atoms with Crippen LogP contribution in [0.1, 0.15) is 36.0 Å². The van der Waals surface area contributed by atoms with Gasteiger partial charge in [-0.15, -0.1) is 0 Å². The van der Waals surface area contributed by atoms with E-state index in [4.69, 9.17) is 21.1 Å². The van der Waals surface area contributed by atoms with Gasteiger partial charge in [-0.05, 0) is 24.1 Å². The average Bonchev–Trinajstić information content (AvgIpc) is 2.73.